The molecule has 0 saturated carbocycles. The van der Waals surface area contributed by atoms with Gasteiger partial charge in [-0.2, -0.15) is 16.7 Å². The molecule has 1 fully saturated rings. The van der Waals surface area contributed by atoms with Crippen LogP contribution in [0.2, 0.25) is 0 Å². The van der Waals surface area contributed by atoms with Crippen molar-refractivity contribution in [1.82, 2.24) is 4.98 Å². The van der Waals surface area contributed by atoms with E-state index in [1.165, 1.54) is 23.8 Å². The molecule has 1 aliphatic heterocycles. The highest BCUT2D eigenvalue weighted by Gasteiger charge is 2.41. The van der Waals surface area contributed by atoms with E-state index in [9.17, 15) is 19.1 Å². The van der Waals surface area contributed by atoms with Gasteiger partial charge in [-0.25, -0.2) is 4.39 Å². The highest BCUT2D eigenvalue weighted by molar-refractivity contribution is 7.99. The van der Waals surface area contributed by atoms with Crippen LogP contribution in [0.5, 0.6) is 0 Å². The van der Waals surface area contributed by atoms with Gasteiger partial charge >= 0.3 is 5.97 Å². The van der Waals surface area contributed by atoms with Crippen molar-refractivity contribution in [3.8, 4) is 0 Å². The Balaban J connectivity index is 0.000000299. The summed E-state index contributed by atoms with van der Waals surface area (Å²) in [6.07, 6.45) is 9.68. The summed E-state index contributed by atoms with van der Waals surface area (Å²) >= 11 is 1.77. The second-order valence-electron chi connectivity index (χ2n) is 9.49. The van der Waals surface area contributed by atoms with Crippen LogP contribution in [-0.2, 0) is 4.79 Å². The van der Waals surface area contributed by atoms with Gasteiger partial charge in [0, 0.05) is 18.1 Å². The molecule has 202 valence electrons. The molecular formula is C30H35FN2O4S. The van der Waals surface area contributed by atoms with E-state index in [4.69, 9.17) is 10.2 Å². The zero-order valence-electron chi connectivity index (χ0n) is 22.1. The predicted octanol–water partition coefficient (Wildman–Crippen LogP) is 7.47. The zero-order valence-corrected chi connectivity index (χ0v) is 22.9. The van der Waals surface area contributed by atoms with Gasteiger partial charge in [0.2, 0.25) is 0 Å². The van der Waals surface area contributed by atoms with Crippen LogP contribution in [0.15, 0.2) is 59.0 Å². The minimum atomic E-state index is -0.893. The first-order chi connectivity index (χ1) is 18.1. The third kappa shape index (κ3) is 7.57. The number of thioether (sulfide) groups is 1. The summed E-state index contributed by atoms with van der Waals surface area (Å²) < 4.78 is 17.4. The summed E-state index contributed by atoms with van der Waals surface area (Å²) in [7, 11) is 0. The van der Waals surface area contributed by atoms with Gasteiger partial charge in [0.1, 0.15) is 11.3 Å². The highest BCUT2D eigenvalue weighted by Crippen LogP contribution is 2.39. The van der Waals surface area contributed by atoms with Crippen LogP contribution in [0.25, 0.3) is 16.7 Å². The Morgan fingerprint density at radius 2 is 1.92 bits per heavy atom. The molecule has 0 bridgehead atoms. The summed E-state index contributed by atoms with van der Waals surface area (Å²) in [6, 6.07) is 9.87. The minimum absolute atomic E-state index is 0.0607. The number of hydrogen-bond donors (Lipinski definition) is 2. The predicted molar refractivity (Wildman–Crippen MR) is 153 cm³/mol. The smallest absolute Gasteiger partial charge is 0.310 e. The molecule has 0 amide bonds. The topological polar surface area (TPSA) is 106 Å². The molecule has 0 spiro atoms. The Morgan fingerprint density at radius 3 is 2.58 bits per heavy atom. The van der Waals surface area contributed by atoms with E-state index in [0.717, 1.165) is 35.5 Å². The second-order valence-corrected chi connectivity index (χ2v) is 10.7. The molecule has 38 heavy (non-hydrogen) atoms. The van der Waals surface area contributed by atoms with Gasteiger partial charge in [-0.05, 0) is 85.9 Å². The number of nitrogen functional groups attached to an aromatic ring is 1. The maximum absolute atomic E-state index is 12.8. The molecule has 1 aromatic heterocycles. The second kappa shape index (κ2) is 13.4. The fraction of sp³-hybridized carbons (Fsp3) is 0.367. The van der Waals surface area contributed by atoms with Crippen LogP contribution >= 0.6 is 11.8 Å². The van der Waals surface area contributed by atoms with E-state index in [1.54, 1.807) is 11.8 Å². The van der Waals surface area contributed by atoms with Crippen LogP contribution in [0.4, 0.5) is 10.4 Å². The number of halogens is 1. The number of anilines is 1. The van der Waals surface area contributed by atoms with Crippen LogP contribution in [0.3, 0.4) is 0 Å². The van der Waals surface area contributed by atoms with E-state index in [2.05, 4.69) is 37.1 Å². The number of nitrogens with zero attached hydrogens (tertiary/aromatic N) is 1. The lowest BCUT2D eigenvalue weighted by atomic mass is 9.76. The maximum Gasteiger partial charge on any atom is 0.310 e. The van der Waals surface area contributed by atoms with Crippen molar-refractivity contribution in [2.75, 3.05) is 17.2 Å². The molecule has 6 nitrogen and oxygen atoms in total. The summed E-state index contributed by atoms with van der Waals surface area (Å²) in [6.45, 7) is 6.21. The summed E-state index contributed by atoms with van der Waals surface area (Å²) in [5, 5.41) is 9.70. The Labute approximate surface area is 227 Å². The Morgan fingerprint density at radius 1 is 1.18 bits per heavy atom. The SMILES string of the molecule is CC/C=C\C/C=C(\C)c1ccc(C(=O)CC2(C(=O)O)CCSCC2)cc1C.Nc1nc2cc(F)ccc2o1. The number of carbonyl (C=O) groups excluding carboxylic acids is 1. The number of oxazole rings is 1. The van der Waals surface area contributed by atoms with Gasteiger partial charge in [-0.3, -0.25) is 9.59 Å². The van der Waals surface area contributed by atoms with Gasteiger partial charge in [0.05, 0.1) is 5.41 Å². The van der Waals surface area contributed by atoms with Crippen LogP contribution in [0.1, 0.15) is 67.4 Å². The molecule has 8 heteroatoms. The minimum Gasteiger partial charge on any atom is -0.481 e. The fourth-order valence-electron chi connectivity index (χ4n) is 4.45. The van der Waals surface area contributed by atoms with Crippen molar-refractivity contribution in [2.24, 2.45) is 5.41 Å². The number of hydrogen-bond acceptors (Lipinski definition) is 6. The Kier molecular flexibility index (Phi) is 10.3. The molecule has 0 atom stereocenters. The first kappa shape index (κ1) is 29.2. The van der Waals surface area contributed by atoms with E-state index < -0.39 is 11.4 Å². The molecule has 1 saturated heterocycles. The van der Waals surface area contributed by atoms with Crippen LogP contribution < -0.4 is 5.73 Å². The van der Waals surface area contributed by atoms with Crippen molar-refractivity contribution in [3.63, 3.8) is 0 Å². The fourth-order valence-corrected chi connectivity index (χ4v) is 5.73. The monoisotopic (exact) mass is 538 g/mol. The summed E-state index contributed by atoms with van der Waals surface area (Å²) in [4.78, 5) is 28.4. The van der Waals surface area contributed by atoms with E-state index in [1.807, 2.05) is 25.1 Å². The normalized spacial score (nSPS) is 15.3. The number of carbonyl (C=O) groups is 2. The average Bonchev–Trinajstić information content (AvgIpc) is 3.26. The number of allylic oxidation sites excluding steroid dienone is 4. The standard InChI is InChI=1S/C23H30O3S.C7H5FN2O/c1-4-5-6-7-8-17(2)20-10-9-19(15-18(20)3)21(24)16-23(22(25)26)11-13-27-14-12-23;8-4-1-2-6-5(3-4)10-7(9)11-6/h5-6,8-10,15H,4,7,11-14,16H2,1-3H3,(H,25,26);1-3H,(H2,9,10)/b6-5-,17-8+;. The Hall–Kier alpha value is -3.39. The number of carboxylic acids is 1. The molecule has 4 rings (SSSR count). The van der Waals surface area contributed by atoms with Crippen LogP contribution in [-0.4, -0.2) is 33.3 Å². The lowest BCUT2D eigenvalue weighted by Gasteiger charge is -2.32. The Bertz CT molecular complexity index is 1340. The van der Waals surface area contributed by atoms with Gasteiger partial charge in [0.15, 0.2) is 11.4 Å². The number of fused-ring (bicyclic) bond motifs is 1. The molecule has 2 aromatic carbocycles. The van der Waals surface area contributed by atoms with E-state index >= 15 is 0 Å². The number of aliphatic carboxylic acids is 1. The van der Waals surface area contributed by atoms with Crippen molar-refractivity contribution in [3.05, 3.63) is 77.1 Å². The van der Waals surface area contributed by atoms with Crippen molar-refractivity contribution >= 4 is 46.2 Å². The molecule has 3 N–H and O–H groups in total. The highest BCUT2D eigenvalue weighted by atomic mass is 32.2. The van der Waals surface area contributed by atoms with Crippen molar-refractivity contribution in [1.29, 1.82) is 0 Å². The van der Waals surface area contributed by atoms with E-state index in [0.29, 0.717) is 29.5 Å². The number of carboxylic acid groups (broad SMARTS) is 1. The molecule has 0 aliphatic carbocycles. The molecular weight excluding hydrogens is 503 g/mol. The largest absolute Gasteiger partial charge is 0.481 e. The number of rotatable bonds is 8. The van der Waals surface area contributed by atoms with Crippen molar-refractivity contribution < 1.29 is 23.5 Å². The van der Waals surface area contributed by atoms with Crippen molar-refractivity contribution in [2.45, 2.75) is 52.9 Å². The number of aromatic nitrogens is 1. The molecule has 2 heterocycles. The summed E-state index contributed by atoms with van der Waals surface area (Å²) in [5.41, 5.74) is 9.30. The van der Waals surface area contributed by atoms with Gasteiger partial charge in [-0.15, -0.1) is 0 Å². The van der Waals surface area contributed by atoms with E-state index in [-0.39, 0.29) is 24.0 Å². The van der Waals surface area contributed by atoms with Gasteiger partial charge in [-0.1, -0.05) is 37.3 Å². The summed E-state index contributed by atoms with van der Waals surface area (Å²) in [5.74, 6) is 0.392. The van der Waals surface area contributed by atoms with Gasteiger partial charge in [0.25, 0.3) is 6.01 Å². The first-order valence-corrected chi connectivity index (χ1v) is 13.9. The molecule has 1 aliphatic rings. The van der Waals surface area contributed by atoms with Crippen LogP contribution in [0, 0.1) is 18.2 Å². The number of nitrogens with two attached hydrogens (primary N) is 1. The third-order valence-electron chi connectivity index (χ3n) is 6.70. The number of aryl methyl sites for hydroxylation is 1. The lowest BCUT2D eigenvalue weighted by Crippen LogP contribution is -2.37. The number of benzene rings is 2. The third-order valence-corrected chi connectivity index (χ3v) is 7.69. The molecule has 0 unspecified atom stereocenters. The number of ketones is 1. The quantitative estimate of drug-likeness (QED) is 0.226. The van der Waals surface area contributed by atoms with Gasteiger partial charge < -0.3 is 15.3 Å². The zero-order chi connectivity index (χ0) is 27.7. The maximum atomic E-state index is 12.8. The lowest BCUT2D eigenvalue weighted by molar-refractivity contribution is -0.149. The average molecular weight is 539 g/mol. The first-order valence-electron chi connectivity index (χ1n) is 12.7. The molecule has 3 aromatic rings. The molecule has 0 radical (unpaired) electrons. The number of Topliss-reactive ketones (excluding diaryl/α,β-unsaturated/α-hetero) is 1.